The van der Waals surface area contributed by atoms with E-state index in [1.807, 2.05) is 0 Å². The third kappa shape index (κ3) is 3.04. The zero-order chi connectivity index (χ0) is 21.9. The summed E-state index contributed by atoms with van der Waals surface area (Å²) < 4.78 is 1.31. The molecule has 4 fully saturated rings. The van der Waals surface area contributed by atoms with Crippen LogP contribution in [0.4, 0.5) is 11.4 Å². The number of benzene rings is 1. The van der Waals surface area contributed by atoms with E-state index in [2.05, 4.69) is 10.4 Å². The molecule has 31 heavy (non-hydrogen) atoms. The minimum Gasteiger partial charge on any atom is -0.481 e. The molecule has 3 atom stereocenters. The third-order valence-corrected chi connectivity index (χ3v) is 7.67. The molecule has 4 aliphatic carbocycles. The number of anilines is 2. The number of rotatable bonds is 5. The van der Waals surface area contributed by atoms with Gasteiger partial charge in [-0.1, -0.05) is 23.7 Å². The Bertz CT molecular complexity index is 1130. The first-order chi connectivity index (χ1) is 14.8. The van der Waals surface area contributed by atoms with Crippen LogP contribution >= 0.6 is 11.6 Å². The van der Waals surface area contributed by atoms with E-state index in [1.54, 1.807) is 18.2 Å². The summed E-state index contributed by atoms with van der Waals surface area (Å²) in [6.45, 7) is 0. The zero-order valence-electron chi connectivity index (χ0n) is 16.6. The lowest BCUT2D eigenvalue weighted by Crippen LogP contribution is -2.63. The molecule has 0 unspecified atom stereocenters. The highest BCUT2D eigenvalue weighted by Gasteiger charge is 2.61. The van der Waals surface area contributed by atoms with E-state index >= 15 is 0 Å². The SMILES string of the molecule is O=C(O)c1ccccc1Nc1cnn(C23C[C@@H]4CC(C[C@H](C4)C2)[C@@H]3C(=O)O)c(=O)c1Cl. The van der Waals surface area contributed by atoms with Gasteiger partial charge >= 0.3 is 11.9 Å². The molecule has 6 rings (SSSR count). The van der Waals surface area contributed by atoms with Gasteiger partial charge < -0.3 is 15.5 Å². The average Bonchev–Trinajstić information content (AvgIpc) is 2.70. The standard InChI is InChI=1S/C22H22ClN3O5/c23-18-16(25-15-4-2-1-3-14(15)20(28)29)10-24-26(19(18)27)22-8-11-5-12(9-22)7-13(6-11)17(22)21(30)31/h1-4,10-13,17,25H,5-9H2,(H,28,29)(H,30,31)/t11-,12-,13?,17+,22?/m0/s1. The number of hydrogen-bond donors (Lipinski definition) is 3. The fourth-order valence-electron chi connectivity index (χ4n) is 6.49. The average molecular weight is 444 g/mol. The first-order valence-corrected chi connectivity index (χ1v) is 10.8. The van der Waals surface area contributed by atoms with E-state index in [9.17, 15) is 24.6 Å². The molecule has 9 heteroatoms. The van der Waals surface area contributed by atoms with Crippen molar-refractivity contribution in [1.82, 2.24) is 9.78 Å². The first-order valence-electron chi connectivity index (χ1n) is 10.4. The second-order valence-corrected chi connectivity index (χ2v) is 9.47. The van der Waals surface area contributed by atoms with Crippen LogP contribution in [0.1, 0.15) is 42.5 Å². The van der Waals surface area contributed by atoms with Crippen LogP contribution in [-0.4, -0.2) is 31.9 Å². The molecule has 0 radical (unpaired) electrons. The summed E-state index contributed by atoms with van der Waals surface area (Å²) in [5.74, 6) is -1.80. The number of carbonyl (C=O) groups is 2. The lowest BCUT2D eigenvalue weighted by Gasteiger charge is -2.59. The van der Waals surface area contributed by atoms with Crippen LogP contribution in [0.25, 0.3) is 0 Å². The topological polar surface area (TPSA) is 122 Å². The van der Waals surface area contributed by atoms with Crippen molar-refractivity contribution in [1.29, 1.82) is 0 Å². The van der Waals surface area contributed by atoms with Gasteiger partial charge in [-0.3, -0.25) is 9.59 Å². The number of hydrogen-bond acceptors (Lipinski definition) is 5. The van der Waals surface area contributed by atoms with Crippen LogP contribution in [0.2, 0.25) is 5.02 Å². The van der Waals surface area contributed by atoms with Crippen LogP contribution < -0.4 is 10.9 Å². The molecule has 3 N–H and O–H groups in total. The summed E-state index contributed by atoms with van der Waals surface area (Å²) in [6.07, 6.45) is 5.49. The lowest BCUT2D eigenvalue weighted by molar-refractivity contribution is -0.168. The summed E-state index contributed by atoms with van der Waals surface area (Å²) in [7, 11) is 0. The molecule has 0 saturated heterocycles. The highest BCUT2D eigenvalue weighted by atomic mass is 35.5. The number of aromatic carboxylic acids is 1. The van der Waals surface area contributed by atoms with E-state index < -0.39 is 29.0 Å². The van der Waals surface area contributed by atoms with Crippen molar-refractivity contribution in [2.45, 2.75) is 37.6 Å². The number of nitrogens with one attached hydrogen (secondary N) is 1. The van der Waals surface area contributed by atoms with Gasteiger partial charge in [0.15, 0.2) is 0 Å². The van der Waals surface area contributed by atoms with Crippen molar-refractivity contribution < 1.29 is 19.8 Å². The highest BCUT2D eigenvalue weighted by molar-refractivity contribution is 6.33. The molecular weight excluding hydrogens is 422 g/mol. The predicted molar refractivity (Wildman–Crippen MR) is 113 cm³/mol. The van der Waals surface area contributed by atoms with E-state index in [0.29, 0.717) is 24.7 Å². The first kappa shape index (κ1) is 20.1. The Kier molecular flexibility index (Phi) is 4.58. The number of para-hydroxylation sites is 1. The van der Waals surface area contributed by atoms with E-state index in [-0.39, 0.29) is 27.9 Å². The molecule has 1 aromatic carbocycles. The van der Waals surface area contributed by atoms with Crippen molar-refractivity contribution in [3.05, 3.63) is 51.4 Å². The fourth-order valence-corrected chi connectivity index (χ4v) is 6.67. The van der Waals surface area contributed by atoms with Gasteiger partial charge in [0, 0.05) is 0 Å². The monoisotopic (exact) mass is 443 g/mol. The summed E-state index contributed by atoms with van der Waals surface area (Å²) in [5.41, 5.74) is -0.900. The zero-order valence-corrected chi connectivity index (χ0v) is 17.4. The summed E-state index contributed by atoms with van der Waals surface area (Å²) >= 11 is 6.42. The van der Waals surface area contributed by atoms with Gasteiger partial charge in [0.1, 0.15) is 5.02 Å². The van der Waals surface area contributed by atoms with Gasteiger partial charge in [-0.15, -0.1) is 0 Å². The maximum absolute atomic E-state index is 13.3. The molecule has 162 valence electrons. The Hall–Kier alpha value is -2.87. The van der Waals surface area contributed by atoms with Crippen molar-refractivity contribution in [3.8, 4) is 0 Å². The van der Waals surface area contributed by atoms with Gasteiger partial charge in [-0.05, 0) is 62.0 Å². The Labute approximate surface area is 182 Å². The maximum atomic E-state index is 13.3. The number of carboxylic acids is 2. The minimum absolute atomic E-state index is 0.0368. The van der Waals surface area contributed by atoms with E-state index in [4.69, 9.17) is 11.6 Å². The molecule has 0 spiro atoms. The molecule has 4 aliphatic rings. The molecule has 8 nitrogen and oxygen atoms in total. The number of aromatic nitrogens is 2. The number of carboxylic acid groups (broad SMARTS) is 2. The van der Waals surface area contributed by atoms with Crippen LogP contribution in [0, 0.1) is 23.7 Å². The van der Waals surface area contributed by atoms with Crippen LogP contribution in [0.3, 0.4) is 0 Å². The summed E-state index contributed by atoms with van der Waals surface area (Å²) in [6, 6.07) is 6.29. The van der Waals surface area contributed by atoms with E-state index in [0.717, 1.165) is 19.3 Å². The Balaban J connectivity index is 1.57. The lowest BCUT2D eigenvalue weighted by atomic mass is 9.48. The van der Waals surface area contributed by atoms with Crippen molar-refractivity contribution >= 4 is 34.9 Å². The maximum Gasteiger partial charge on any atom is 0.337 e. The molecule has 4 bridgehead atoms. The molecule has 0 aliphatic heterocycles. The quantitative estimate of drug-likeness (QED) is 0.645. The second kappa shape index (κ2) is 7.09. The Morgan fingerprint density at radius 3 is 2.42 bits per heavy atom. The third-order valence-electron chi connectivity index (χ3n) is 7.31. The van der Waals surface area contributed by atoms with Gasteiger partial charge in [0.05, 0.1) is 34.6 Å². The highest BCUT2D eigenvalue weighted by Crippen LogP contribution is 2.61. The molecule has 2 aromatic rings. The molecule has 1 aromatic heterocycles. The number of aliphatic carboxylic acids is 1. The van der Waals surface area contributed by atoms with Gasteiger partial charge in [-0.2, -0.15) is 5.10 Å². The summed E-state index contributed by atoms with van der Waals surface area (Å²) in [4.78, 5) is 37.0. The predicted octanol–water partition coefficient (Wildman–Crippen LogP) is 3.57. The molecule has 4 saturated carbocycles. The number of halogens is 1. The summed E-state index contributed by atoms with van der Waals surface area (Å²) in [5, 5.41) is 26.5. The number of nitrogens with zero attached hydrogens (tertiary/aromatic N) is 2. The van der Waals surface area contributed by atoms with Crippen LogP contribution in [0.5, 0.6) is 0 Å². The van der Waals surface area contributed by atoms with Crippen molar-refractivity contribution in [2.75, 3.05) is 5.32 Å². The minimum atomic E-state index is -1.11. The van der Waals surface area contributed by atoms with Crippen molar-refractivity contribution in [2.24, 2.45) is 23.7 Å². The van der Waals surface area contributed by atoms with Gasteiger partial charge in [0.25, 0.3) is 5.56 Å². The van der Waals surface area contributed by atoms with Crippen LogP contribution in [-0.2, 0) is 10.3 Å². The largest absolute Gasteiger partial charge is 0.481 e. The molecule has 0 amide bonds. The van der Waals surface area contributed by atoms with Crippen molar-refractivity contribution in [3.63, 3.8) is 0 Å². The molecule has 1 heterocycles. The molecular formula is C22H22ClN3O5. The smallest absolute Gasteiger partial charge is 0.337 e. The Morgan fingerprint density at radius 2 is 1.77 bits per heavy atom. The van der Waals surface area contributed by atoms with Crippen LogP contribution in [0.15, 0.2) is 35.3 Å². The second-order valence-electron chi connectivity index (χ2n) is 9.09. The normalized spacial score (nSPS) is 30.9. The fraction of sp³-hybridized carbons (Fsp3) is 0.455. The van der Waals surface area contributed by atoms with E-state index in [1.165, 1.54) is 16.9 Å². The van der Waals surface area contributed by atoms with Gasteiger partial charge in [-0.25, -0.2) is 9.48 Å². The Morgan fingerprint density at radius 1 is 1.10 bits per heavy atom. The van der Waals surface area contributed by atoms with Gasteiger partial charge in [0.2, 0.25) is 0 Å².